The summed E-state index contributed by atoms with van der Waals surface area (Å²) in [7, 11) is 1.56. The topological polar surface area (TPSA) is 22.0 Å². The molecule has 0 bridgehead atoms. The van der Waals surface area contributed by atoms with Gasteiger partial charge in [-0.1, -0.05) is 0 Å². The zero-order chi connectivity index (χ0) is 8.43. The molecule has 0 N–H and O–H groups in total. The first-order valence-corrected chi connectivity index (χ1v) is 3.06. The predicted molar refractivity (Wildman–Crippen MR) is 35.7 cm³/mol. The number of alkyl halides is 1. The second-order valence-corrected chi connectivity index (χ2v) is 2.19. The van der Waals surface area contributed by atoms with Crippen molar-refractivity contribution < 1.29 is 13.6 Å². The number of hydrogen-bond acceptors (Lipinski definition) is 1. The van der Waals surface area contributed by atoms with Gasteiger partial charge in [-0.3, -0.25) is 4.79 Å². The minimum absolute atomic E-state index is 0.0810. The number of halogens is 2. The molecule has 4 heteroatoms. The van der Waals surface area contributed by atoms with Gasteiger partial charge in [0.1, 0.15) is 6.67 Å². The van der Waals surface area contributed by atoms with E-state index in [-0.39, 0.29) is 11.3 Å². The van der Waals surface area contributed by atoms with Gasteiger partial charge in [0.2, 0.25) is 0 Å². The van der Waals surface area contributed by atoms with Crippen molar-refractivity contribution >= 4 is 6.04 Å². The average molecular weight is 159 g/mol. The molecule has 1 aromatic rings. The molecule has 0 radical (unpaired) electrons. The molecule has 0 saturated heterocycles. The van der Waals surface area contributed by atoms with Crippen LogP contribution < -0.4 is 0 Å². The highest BCUT2D eigenvalue weighted by atomic mass is 19.1. The molecule has 0 fully saturated rings. The van der Waals surface area contributed by atoms with Crippen molar-refractivity contribution in [2.24, 2.45) is 7.05 Å². The van der Waals surface area contributed by atoms with Crippen LogP contribution in [0.2, 0.25) is 0 Å². The molecular formula is C7H7F2NO. The van der Waals surface area contributed by atoms with Crippen LogP contribution in [0, 0.1) is 0 Å². The summed E-state index contributed by atoms with van der Waals surface area (Å²) in [6, 6.07) is -0.324. The number of rotatable bonds is 2. The van der Waals surface area contributed by atoms with Crippen LogP contribution in [0.1, 0.15) is 16.1 Å². The highest BCUT2D eigenvalue weighted by molar-refractivity contribution is 5.89. The Labute approximate surface area is 62.4 Å². The number of carbonyl (C=O) groups excluding carboxylic acids is 1. The smallest absolute Gasteiger partial charge is 0.334 e. The Morgan fingerprint density at radius 2 is 2.36 bits per heavy atom. The quantitative estimate of drug-likeness (QED) is 0.601. The van der Waals surface area contributed by atoms with E-state index in [2.05, 4.69) is 0 Å². The molecule has 0 saturated carbocycles. The van der Waals surface area contributed by atoms with Gasteiger partial charge in [-0.25, -0.2) is 4.39 Å². The SMILES string of the molecule is Cn1ccc(C(=O)F)c1CF. The second kappa shape index (κ2) is 2.82. The summed E-state index contributed by atoms with van der Waals surface area (Å²) in [6.45, 7) is -0.825. The van der Waals surface area contributed by atoms with Crippen LogP contribution in [0.25, 0.3) is 0 Å². The minimum Gasteiger partial charge on any atom is -0.352 e. The van der Waals surface area contributed by atoms with E-state index in [1.165, 1.54) is 16.8 Å². The zero-order valence-electron chi connectivity index (χ0n) is 5.97. The van der Waals surface area contributed by atoms with Crippen molar-refractivity contribution in [1.29, 1.82) is 0 Å². The summed E-state index contributed by atoms with van der Waals surface area (Å²) in [5.41, 5.74) is -0.104. The van der Waals surface area contributed by atoms with Crippen molar-refractivity contribution in [2.75, 3.05) is 0 Å². The van der Waals surface area contributed by atoms with Gasteiger partial charge in [0.25, 0.3) is 0 Å². The highest BCUT2D eigenvalue weighted by Crippen LogP contribution is 2.12. The normalized spacial score (nSPS) is 10.1. The van der Waals surface area contributed by atoms with Crippen molar-refractivity contribution in [3.05, 3.63) is 23.5 Å². The van der Waals surface area contributed by atoms with Gasteiger partial charge in [-0.05, 0) is 6.07 Å². The van der Waals surface area contributed by atoms with Crippen LogP contribution in [0.4, 0.5) is 8.78 Å². The van der Waals surface area contributed by atoms with E-state index < -0.39 is 12.7 Å². The summed E-state index contributed by atoms with van der Waals surface area (Å²) in [5.74, 6) is 0. The predicted octanol–water partition coefficient (Wildman–Crippen LogP) is 1.60. The van der Waals surface area contributed by atoms with Gasteiger partial charge in [0.05, 0.1) is 11.3 Å². The maximum absolute atomic E-state index is 12.1. The Bertz CT molecular complexity index is 280. The van der Waals surface area contributed by atoms with Crippen molar-refractivity contribution in [2.45, 2.75) is 6.67 Å². The standard InChI is InChI=1S/C7H7F2NO/c1-10-3-2-5(7(9)11)6(10)4-8/h2-3H,4H2,1H3. The number of carbonyl (C=O) groups is 1. The van der Waals surface area contributed by atoms with Crippen LogP contribution >= 0.6 is 0 Å². The number of aryl methyl sites for hydroxylation is 1. The molecule has 60 valence electrons. The summed E-state index contributed by atoms with van der Waals surface area (Å²) < 4.78 is 25.6. The fourth-order valence-corrected chi connectivity index (χ4v) is 0.908. The highest BCUT2D eigenvalue weighted by Gasteiger charge is 2.12. The van der Waals surface area contributed by atoms with Crippen LogP contribution in [-0.2, 0) is 13.7 Å². The summed E-state index contributed by atoms with van der Waals surface area (Å²) >= 11 is 0. The van der Waals surface area contributed by atoms with E-state index in [0.717, 1.165) is 0 Å². The first-order valence-electron chi connectivity index (χ1n) is 3.06. The molecule has 0 aliphatic heterocycles. The van der Waals surface area contributed by atoms with Crippen LogP contribution in [-0.4, -0.2) is 10.6 Å². The molecule has 1 heterocycles. The van der Waals surface area contributed by atoms with Gasteiger partial charge in [-0.2, -0.15) is 4.39 Å². The monoisotopic (exact) mass is 159 g/mol. The zero-order valence-corrected chi connectivity index (χ0v) is 5.97. The van der Waals surface area contributed by atoms with Gasteiger partial charge in [-0.15, -0.1) is 0 Å². The molecule has 0 amide bonds. The Hall–Kier alpha value is -1.19. The largest absolute Gasteiger partial charge is 0.352 e. The van der Waals surface area contributed by atoms with E-state index in [1.54, 1.807) is 7.05 Å². The summed E-state index contributed by atoms with van der Waals surface area (Å²) in [5, 5.41) is 0. The van der Waals surface area contributed by atoms with Crippen LogP contribution in [0.15, 0.2) is 12.3 Å². The van der Waals surface area contributed by atoms with Crippen LogP contribution in [0.5, 0.6) is 0 Å². The van der Waals surface area contributed by atoms with Crippen molar-refractivity contribution in [1.82, 2.24) is 4.57 Å². The lowest BCUT2D eigenvalue weighted by Gasteiger charge is -1.97. The van der Waals surface area contributed by atoms with Crippen LogP contribution in [0.3, 0.4) is 0 Å². The second-order valence-electron chi connectivity index (χ2n) is 2.19. The Balaban J connectivity index is 3.15. The molecule has 1 rings (SSSR count). The Morgan fingerprint density at radius 3 is 2.73 bits per heavy atom. The summed E-state index contributed by atoms with van der Waals surface area (Å²) in [4.78, 5) is 10.2. The molecule has 0 atom stereocenters. The number of aromatic nitrogens is 1. The molecular weight excluding hydrogens is 152 g/mol. The maximum Gasteiger partial charge on any atom is 0.334 e. The lowest BCUT2D eigenvalue weighted by Crippen LogP contribution is -1.98. The van der Waals surface area contributed by atoms with Crippen molar-refractivity contribution in [3.8, 4) is 0 Å². The fourth-order valence-electron chi connectivity index (χ4n) is 0.908. The minimum atomic E-state index is -1.58. The molecule has 2 nitrogen and oxygen atoms in total. The molecule has 1 aromatic heterocycles. The lowest BCUT2D eigenvalue weighted by atomic mass is 10.3. The molecule has 0 unspecified atom stereocenters. The lowest BCUT2D eigenvalue weighted by molar-refractivity contribution is 0.0834. The summed E-state index contributed by atoms with van der Waals surface area (Å²) in [6.07, 6.45) is 1.45. The first kappa shape index (κ1) is 7.91. The number of nitrogens with zero attached hydrogens (tertiary/aromatic N) is 1. The maximum atomic E-state index is 12.1. The average Bonchev–Trinajstić information content (AvgIpc) is 2.30. The third kappa shape index (κ3) is 1.29. The third-order valence-electron chi connectivity index (χ3n) is 1.54. The van der Waals surface area contributed by atoms with Gasteiger partial charge in [0.15, 0.2) is 0 Å². The van der Waals surface area contributed by atoms with E-state index >= 15 is 0 Å². The molecule has 0 aliphatic carbocycles. The van der Waals surface area contributed by atoms with E-state index in [4.69, 9.17) is 0 Å². The molecule has 11 heavy (non-hydrogen) atoms. The van der Waals surface area contributed by atoms with Gasteiger partial charge >= 0.3 is 6.04 Å². The van der Waals surface area contributed by atoms with Gasteiger partial charge < -0.3 is 4.57 Å². The molecule has 0 spiro atoms. The fraction of sp³-hybridized carbons (Fsp3) is 0.286. The van der Waals surface area contributed by atoms with E-state index in [1.807, 2.05) is 0 Å². The molecule has 0 aliphatic rings. The molecule has 0 aromatic carbocycles. The Morgan fingerprint density at radius 1 is 1.73 bits per heavy atom. The van der Waals surface area contributed by atoms with E-state index in [9.17, 15) is 13.6 Å². The first-order chi connectivity index (χ1) is 5.16. The van der Waals surface area contributed by atoms with Crippen molar-refractivity contribution in [3.63, 3.8) is 0 Å². The van der Waals surface area contributed by atoms with E-state index in [0.29, 0.717) is 0 Å². The third-order valence-corrected chi connectivity index (χ3v) is 1.54. The Kier molecular flexibility index (Phi) is 2.03. The van der Waals surface area contributed by atoms with Gasteiger partial charge in [0, 0.05) is 13.2 Å². The number of hydrogen-bond donors (Lipinski definition) is 0.